The number of esters is 1. The minimum absolute atomic E-state index is 0.148. The number of hydrogen-bond donors (Lipinski definition) is 2. The van der Waals surface area contributed by atoms with Crippen LogP contribution in [0.3, 0.4) is 0 Å². The minimum atomic E-state index is -0.737. The molecule has 0 fully saturated rings. The van der Waals surface area contributed by atoms with Gasteiger partial charge < -0.3 is 24.4 Å². The predicted octanol–water partition coefficient (Wildman–Crippen LogP) is 3.30. The van der Waals surface area contributed by atoms with E-state index >= 15 is 0 Å². The van der Waals surface area contributed by atoms with Gasteiger partial charge in [0, 0.05) is 13.0 Å². The van der Waals surface area contributed by atoms with Crippen LogP contribution in [-0.4, -0.2) is 43.1 Å². The van der Waals surface area contributed by atoms with Crippen LogP contribution in [0, 0.1) is 0 Å². The van der Waals surface area contributed by atoms with Crippen LogP contribution >= 0.6 is 0 Å². The summed E-state index contributed by atoms with van der Waals surface area (Å²) in [5.74, 6) is 1.17. The highest BCUT2D eigenvalue weighted by molar-refractivity contribution is 5.69. The lowest BCUT2D eigenvalue weighted by atomic mass is 10.1. The molecular weight excluding hydrogens is 360 g/mol. The molecule has 154 valence electrons. The molecule has 1 atom stereocenters. The van der Waals surface area contributed by atoms with Crippen molar-refractivity contribution in [3.63, 3.8) is 0 Å². The third-order valence-corrected chi connectivity index (χ3v) is 3.73. The van der Waals surface area contributed by atoms with Gasteiger partial charge in [0.05, 0.1) is 13.7 Å². The van der Waals surface area contributed by atoms with Crippen molar-refractivity contribution in [2.75, 3.05) is 26.9 Å². The molecule has 0 aliphatic rings. The molecule has 6 heteroatoms. The number of aliphatic hydroxyl groups is 2. The summed E-state index contributed by atoms with van der Waals surface area (Å²) in [6.07, 6.45) is 0.257. The molecule has 2 aromatic carbocycles. The number of aliphatic hydroxyl groups excluding tert-OH is 2. The van der Waals surface area contributed by atoms with Crippen LogP contribution in [0.5, 0.6) is 11.5 Å². The summed E-state index contributed by atoms with van der Waals surface area (Å²) in [6, 6.07) is 14.7. The summed E-state index contributed by atoms with van der Waals surface area (Å²) < 4.78 is 15.7. The highest BCUT2D eigenvalue weighted by Crippen LogP contribution is 2.21. The molecule has 2 aromatic rings. The molecule has 0 spiro atoms. The molecule has 0 aliphatic carbocycles. The fourth-order valence-corrected chi connectivity index (χ4v) is 2.35. The van der Waals surface area contributed by atoms with E-state index in [1.807, 2.05) is 42.5 Å². The first-order valence-electron chi connectivity index (χ1n) is 9.34. The van der Waals surface area contributed by atoms with Gasteiger partial charge in [-0.2, -0.15) is 0 Å². The number of carbonyl (C=O) groups excluding carboxylic acids is 1. The van der Waals surface area contributed by atoms with Crippen molar-refractivity contribution in [1.29, 1.82) is 0 Å². The first kappa shape index (κ1) is 23.5. The zero-order valence-corrected chi connectivity index (χ0v) is 16.8. The van der Waals surface area contributed by atoms with Crippen LogP contribution in [-0.2, 0) is 16.0 Å². The Morgan fingerprint density at radius 2 is 1.75 bits per heavy atom. The Hall–Kier alpha value is -2.57. The van der Waals surface area contributed by atoms with Gasteiger partial charge in [0.25, 0.3) is 0 Å². The van der Waals surface area contributed by atoms with Crippen molar-refractivity contribution in [2.45, 2.75) is 32.8 Å². The number of rotatable bonds is 9. The average Bonchev–Trinajstić information content (AvgIpc) is 2.72. The Bertz CT molecular complexity index is 684. The smallest absolute Gasteiger partial charge is 0.306 e. The quantitative estimate of drug-likeness (QED) is 0.639. The Morgan fingerprint density at radius 3 is 2.36 bits per heavy atom. The predicted molar refractivity (Wildman–Crippen MR) is 108 cm³/mol. The maximum atomic E-state index is 11.4. The van der Waals surface area contributed by atoms with Gasteiger partial charge in [-0.25, -0.2) is 0 Å². The van der Waals surface area contributed by atoms with E-state index in [2.05, 4.69) is 0 Å². The maximum absolute atomic E-state index is 11.4. The number of ether oxygens (including phenoxy) is 3. The van der Waals surface area contributed by atoms with Crippen molar-refractivity contribution in [3.05, 3.63) is 59.7 Å². The molecule has 0 radical (unpaired) electrons. The van der Waals surface area contributed by atoms with E-state index in [-0.39, 0.29) is 19.2 Å². The van der Waals surface area contributed by atoms with Crippen molar-refractivity contribution < 1.29 is 29.2 Å². The molecule has 28 heavy (non-hydrogen) atoms. The van der Waals surface area contributed by atoms with Gasteiger partial charge in [0.1, 0.15) is 24.2 Å². The second-order valence-electron chi connectivity index (χ2n) is 5.87. The first-order valence-corrected chi connectivity index (χ1v) is 9.34. The molecular formula is C22H30O6. The number of aryl methyl sites for hydroxylation is 1. The average molecular weight is 390 g/mol. The van der Waals surface area contributed by atoms with Crippen LogP contribution in [0.25, 0.3) is 0 Å². The highest BCUT2D eigenvalue weighted by Gasteiger charge is 2.10. The summed E-state index contributed by atoms with van der Waals surface area (Å²) >= 11 is 0. The Balaban J connectivity index is 0.00000122. The van der Waals surface area contributed by atoms with E-state index < -0.39 is 6.10 Å². The van der Waals surface area contributed by atoms with Crippen LogP contribution in [0.15, 0.2) is 48.5 Å². The van der Waals surface area contributed by atoms with Crippen molar-refractivity contribution in [1.82, 2.24) is 0 Å². The maximum Gasteiger partial charge on any atom is 0.306 e. The second-order valence-corrected chi connectivity index (χ2v) is 5.87. The van der Waals surface area contributed by atoms with E-state index in [0.717, 1.165) is 11.1 Å². The number of methoxy groups -OCH3 is 1. The number of carbonyl (C=O) groups is 1. The fraction of sp³-hybridized carbons (Fsp3) is 0.409. The lowest BCUT2D eigenvalue weighted by molar-refractivity contribution is -0.143. The summed E-state index contributed by atoms with van der Waals surface area (Å²) in [7, 11) is 1.59. The number of benzene rings is 2. The standard InChI is InChI=1S/C20H24O5.C2H6O/c1-3-24-20(22)12-9-15-7-10-17(11-8-15)25-14-19(21)16-5-4-6-18(13-16)23-2;1-2-3/h4-8,10-11,13,19,21H,3,9,12,14H2,1-2H3;3H,2H2,1H3. The van der Waals surface area contributed by atoms with Crippen LogP contribution < -0.4 is 9.47 Å². The van der Waals surface area contributed by atoms with Crippen molar-refractivity contribution in [3.8, 4) is 11.5 Å². The molecule has 1 unspecified atom stereocenters. The summed E-state index contributed by atoms with van der Waals surface area (Å²) in [6.45, 7) is 4.28. The molecule has 2 rings (SSSR count). The molecule has 0 aromatic heterocycles. The molecule has 0 saturated heterocycles. The SMILES string of the molecule is CCO.CCOC(=O)CCc1ccc(OCC(O)c2cccc(OC)c2)cc1. The lowest BCUT2D eigenvalue weighted by Gasteiger charge is -2.14. The van der Waals surface area contributed by atoms with Crippen LogP contribution in [0.2, 0.25) is 0 Å². The van der Waals surface area contributed by atoms with Gasteiger partial charge >= 0.3 is 5.97 Å². The van der Waals surface area contributed by atoms with E-state index in [1.165, 1.54) is 0 Å². The lowest BCUT2D eigenvalue weighted by Crippen LogP contribution is -2.09. The third-order valence-electron chi connectivity index (χ3n) is 3.73. The molecule has 2 N–H and O–H groups in total. The highest BCUT2D eigenvalue weighted by atomic mass is 16.5. The van der Waals surface area contributed by atoms with Gasteiger partial charge in [-0.05, 0) is 55.7 Å². The van der Waals surface area contributed by atoms with Gasteiger partial charge in [0.2, 0.25) is 0 Å². The molecule has 0 amide bonds. The minimum Gasteiger partial charge on any atom is -0.497 e. The summed E-state index contributed by atoms with van der Waals surface area (Å²) in [4.78, 5) is 11.4. The third kappa shape index (κ3) is 8.88. The Morgan fingerprint density at radius 1 is 1.07 bits per heavy atom. The zero-order valence-electron chi connectivity index (χ0n) is 16.8. The van der Waals surface area contributed by atoms with Gasteiger partial charge in [-0.15, -0.1) is 0 Å². The normalized spacial score (nSPS) is 11.0. The van der Waals surface area contributed by atoms with E-state index in [0.29, 0.717) is 30.9 Å². The van der Waals surface area contributed by atoms with Gasteiger partial charge in [-0.1, -0.05) is 24.3 Å². The van der Waals surface area contributed by atoms with Gasteiger partial charge in [-0.3, -0.25) is 4.79 Å². The topological polar surface area (TPSA) is 85.2 Å². The molecule has 0 saturated carbocycles. The van der Waals surface area contributed by atoms with Crippen molar-refractivity contribution in [2.24, 2.45) is 0 Å². The van der Waals surface area contributed by atoms with E-state index in [1.54, 1.807) is 27.0 Å². The molecule has 0 bridgehead atoms. The van der Waals surface area contributed by atoms with Crippen LogP contribution in [0.1, 0.15) is 37.5 Å². The zero-order chi connectivity index (χ0) is 20.8. The first-order chi connectivity index (χ1) is 13.5. The fourth-order valence-electron chi connectivity index (χ4n) is 2.35. The molecule has 0 heterocycles. The number of hydrogen-bond acceptors (Lipinski definition) is 6. The molecule has 0 aliphatic heterocycles. The van der Waals surface area contributed by atoms with Crippen molar-refractivity contribution >= 4 is 5.97 Å². The van der Waals surface area contributed by atoms with E-state index in [4.69, 9.17) is 19.3 Å². The molecule has 6 nitrogen and oxygen atoms in total. The second kappa shape index (κ2) is 13.6. The van der Waals surface area contributed by atoms with E-state index in [9.17, 15) is 9.90 Å². The van der Waals surface area contributed by atoms with Gasteiger partial charge in [0.15, 0.2) is 0 Å². The Kier molecular flexibility index (Phi) is 11.4. The van der Waals surface area contributed by atoms with Crippen LogP contribution in [0.4, 0.5) is 0 Å². The largest absolute Gasteiger partial charge is 0.497 e. The Labute approximate surface area is 166 Å². The summed E-state index contributed by atoms with van der Waals surface area (Å²) in [5.41, 5.74) is 1.78. The monoisotopic (exact) mass is 390 g/mol. The summed E-state index contributed by atoms with van der Waals surface area (Å²) in [5, 5.41) is 17.8.